The summed E-state index contributed by atoms with van der Waals surface area (Å²) in [4.78, 5) is 14.5. The second-order valence-electron chi connectivity index (χ2n) is 5.37. The molecule has 2 aromatic carbocycles. The van der Waals surface area contributed by atoms with E-state index in [-0.39, 0.29) is 11.5 Å². The molecule has 2 aromatic rings. The van der Waals surface area contributed by atoms with Gasteiger partial charge in [-0.1, -0.05) is 18.2 Å². The number of aryl methyl sites for hydroxylation is 2. The first-order valence-electron chi connectivity index (χ1n) is 7.03. The molecule has 0 saturated heterocycles. The molecule has 2 N–H and O–H groups in total. The van der Waals surface area contributed by atoms with Crippen LogP contribution in [0.2, 0.25) is 0 Å². The van der Waals surface area contributed by atoms with Crippen LogP contribution in [-0.2, 0) is 6.42 Å². The van der Waals surface area contributed by atoms with Gasteiger partial charge in [-0.3, -0.25) is 4.79 Å². The fraction of sp³-hybridized carbons (Fsp3) is 0.235. The normalized spacial score (nSPS) is 13.9. The SMILES string of the molecule is Cc1cccc2c1N(C(=O)c1cc(F)ccc1N)CCC2. The molecule has 0 aliphatic carbocycles. The van der Waals surface area contributed by atoms with Crippen LogP contribution in [0.3, 0.4) is 0 Å². The quantitative estimate of drug-likeness (QED) is 0.817. The molecule has 0 atom stereocenters. The number of carbonyl (C=O) groups is 1. The molecule has 0 radical (unpaired) electrons. The van der Waals surface area contributed by atoms with E-state index in [4.69, 9.17) is 5.73 Å². The van der Waals surface area contributed by atoms with E-state index in [2.05, 4.69) is 0 Å². The van der Waals surface area contributed by atoms with E-state index in [1.807, 2.05) is 25.1 Å². The molecule has 3 nitrogen and oxygen atoms in total. The maximum absolute atomic E-state index is 13.4. The summed E-state index contributed by atoms with van der Waals surface area (Å²) < 4.78 is 13.4. The molecule has 0 aromatic heterocycles. The highest BCUT2D eigenvalue weighted by Crippen LogP contribution is 2.32. The fourth-order valence-electron chi connectivity index (χ4n) is 2.91. The average Bonchev–Trinajstić information content (AvgIpc) is 2.49. The number of nitrogens with two attached hydrogens (primary N) is 1. The lowest BCUT2D eigenvalue weighted by Crippen LogP contribution is -2.36. The number of hydrogen-bond donors (Lipinski definition) is 1. The van der Waals surface area contributed by atoms with Gasteiger partial charge in [0.2, 0.25) is 0 Å². The first-order valence-corrected chi connectivity index (χ1v) is 7.03. The third kappa shape index (κ3) is 2.37. The minimum atomic E-state index is -0.449. The van der Waals surface area contributed by atoms with Crippen LogP contribution in [0.5, 0.6) is 0 Å². The minimum absolute atomic E-state index is 0.228. The van der Waals surface area contributed by atoms with Crippen molar-refractivity contribution in [3.05, 3.63) is 58.9 Å². The Labute approximate surface area is 123 Å². The van der Waals surface area contributed by atoms with Gasteiger partial charge in [-0.2, -0.15) is 0 Å². The second kappa shape index (κ2) is 5.20. The first-order chi connectivity index (χ1) is 10.1. The van der Waals surface area contributed by atoms with Gasteiger partial charge in [-0.25, -0.2) is 4.39 Å². The van der Waals surface area contributed by atoms with Gasteiger partial charge in [0, 0.05) is 12.2 Å². The van der Waals surface area contributed by atoms with Crippen LogP contribution < -0.4 is 10.6 Å². The largest absolute Gasteiger partial charge is 0.398 e. The lowest BCUT2D eigenvalue weighted by Gasteiger charge is -2.31. The van der Waals surface area contributed by atoms with Crippen molar-refractivity contribution in [1.29, 1.82) is 0 Å². The number of hydrogen-bond acceptors (Lipinski definition) is 2. The molecule has 0 saturated carbocycles. The fourth-order valence-corrected chi connectivity index (χ4v) is 2.91. The van der Waals surface area contributed by atoms with Crippen molar-refractivity contribution in [2.75, 3.05) is 17.2 Å². The van der Waals surface area contributed by atoms with Crippen molar-refractivity contribution >= 4 is 17.3 Å². The molecule has 1 amide bonds. The second-order valence-corrected chi connectivity index (χ2v) is 5.37. The lowest BCUT2D eigenvalue weighted by molar-refractivity contribution is 0.0985. The van der Waals surface area contributed by atoms with Gasteiger partial charge in [0.1, 0.15) is 5.82 Å². The van der Waals surface area contributed by atoms with Crippen LogP contribution in [0, 0.1) is 12.7 Å². The van der Waals surface area contributed by atoms with E-state index < -0.39 is 5.82 Å². The van der Waals surface area contributed by atoms with Crippen LogP contribution in [0.15, 0.2) is 36.4 Å². The summed E-state index contributed by atoms with van der Waals surface area (Å²) in [5, 5.41) is 0. The van der Waals surface area contributed by atoms with Crippen LogP contribution in [-0.4, -0.2) is 12.5 Å². The summed E-state index contributed by atoms with van der Waals surface area (Å²) in [5.41, 5.74) is 9.53. The summed E-state index contributed by atoms with van der Waals surface area (Å²) in [6.45, 7) is 2.62. The summed E-state index contributed by atoms with van der Waals surface area (Å²) in [7, 11) is 0. The summed E-state index contributed by atoms with van der Waals surface area (Å²) >= 11 is 0. The molecule has 4 heteroatoms. The first kappa shape index (κ1) is 13.6. The molecule has 3 rings (SSSR count). The monoisotopic (exact) mass is 284 g/mol. The Morgan fingerprint density at radius 1 is 1.29 bits per heavy atom. The Kier molecular flexibility index (Phi) is 3.37. The number of nitrogen functional groups attached to an aromatic ring is 1. The Hall–Kier alpha value is -2.36. The molecule has 0 unspecified atom stereocenters. The highest BCUT2D eigenvalue weighted by Gasteiger charge is 2.26. The Bertz CT molecular complexity index is 712. The lowest BCUT2D eigenvalue weighted by atomic mass is 9.97. The van der Waals surface area contributed by atoms with Crippen molar-refractivity contribution in [3.8, 4) is 0 Å². The van der Waals surface area contributed by atoms with Gasteiger partial charge in [-0.05, 0) is 49.1 Å². The predicted octanol–water partition coefficient (Wildman–Crippen LogP) is 3.31. The van der Waals surface area contributed by atoms with Crippen LogP contribution >= 0.6 is 0 Å². The maximum Gasteiger partial charge on any atom is 0.260 e. The molecule has 1 aliphatic rings. The number of rotatable bonds is 1. The molecule has 21 heavy (non-hydrogen) atoms. The van der Waals surface area contributed by atoms with Gasteiger partial charge in [0.25, 0.3) is 5.91 Å². The Balaban J connectivity index is 2.06. The van der Waals surface area contributed by atoms with Crippen molar-refractivity contribution in [3.63, 3.8) is 0 Å². The smallest absolute Gasteiger partial charge is 0.260 e. The highest BCUT2D eigenvalue weighted by molar-refractivity contribution is 6.10. The van der Waals surface area contributed by atoms with Crippen LogP contribution in [0.1, 0.15) is 27.9 Å². The van der Waals surface area contributed by atoms with Gasteiger partial charge in [-0.15, -0.1) is 0 Å². The number of halogens is 1. The van der Waals surface area contributed by atoms with E-state index in [9.17, 15) is 9.18 Å². The van der Waals surface area contributed by atoms with Crippen molar-refractivity contribution in [2.45, 2.75) is 19.8 Å². The number of fused-ring (bicyclic) bond motifs is 1. The molecule has 1 aliphatic heterocycles. The number of benzene rings is 2. The molecule has 0 bridgehead atoms. The molecule has 1 heterocycles. The van der Waals surface area contributed by atoms with E-state index in [0.29, 0.717) is 12.2 Å². The van der Waals surface area contributed by atoms with Gasteiger partial charge in [0.15, 0.2) is 0 Å². The predicted molar refractivity (Wildman–Crippen MR) is 82.0 cm³/mol. The number of nitrogens with zero attached hydrogens (tertiary/aromatic N) is 1. The highest BCUT2D eigenvalue weighted by atomic mass is 19.1. The van der Waals surface area contributed by atoms with Crippen molar-refractivity contribution in [1.82, 2.24) is 0 Å². The summed E-state index contributed by atoms with van der Waals surface area (Å²) in [5.74, 6) is -0.684. The third-order valence-corrected chi connectivity index (χ3v) is 3.91. The molecule has 108 valence electrons. The topological polar surface area (TPSA) is 46.3 Å². The van der Waals surface area contributed by atoms with Crippen LogP contribution in [0.25, 0.3) is 0 Å². The summed E-state index contributed by atoms with van der Waals surface area (Å²) in [6.07, 6.45) is 1.86. The number of para-hydroxylation sites is 1. The number of amides is 1. The Morgan fingerprint density at radius 2 is 2.10 bits per heavy atom. The van der Waals surface area contributed by atoms with E-state index in [1.165, 1.54) is 18.2 Å². The molecular formula is C17H17FN2O. The minimum Gasteiger partial charge on any atom is -0.398 e. The van der Waals surface area contributed by atoms with Crippen molar-refractivity contribution in [2.24, 2.45) is 0 Å². The number of carbonyl (C=O) groups excluding carboxylic acids is 1. The third-order valence-electron chi connectivity index (χ3n) is 3.91. The van der Waals surface area contributed by atoms with Gasteiger partial charge < -0.3 is 10.6 Å². The zero-order valence-electron chi connectivity index (χ0n) is 11.9. The zero-order valence-corrected chi connectivity index (χ0v) is 11.9. The number of anilines is 2. The van der Waals surface area contributed by atoms with E-state index in [1.54, 1.807) is 4.90 Å². The molecule has 0 fully saturated rings. The van der Waals surface area contributed by atoms with Gasteiger partial charge >= 0.3 is 0 Å². The maximum atomic E-state index is 13.4. The molecular weight excluding hydrogens is 267 g/mol. The van der Waals surface area contributed by atoms with Gasteiger partial charge in [0.05, 0.1) is 11.3 Å². The average molecular weight is 284 g/mol. The zero-order chi connectivity index (χ0) is 15.0. The van der Waals surface area contributed by atoms with Crippen LogP contribution in [0.4, 0.5) is 15.8 Å². The Morgan fingerprint density at radius 3 is 2.90 bits per heavy atom. The summed E-state index contributed by atoms with van der Waals surface area (Å²) in [6, 6.07) is 9.94. The van der Waals surface area contributed by atoms with Crippen molar-refractivity contribution < 1.29 is 9.18 Å². The molecule has 0 spiro atoms. The standard InChI is InChI=1S/C17H17FN2O/c1-11-4-2-5-12-6-3-9-20(16(11)12)17(21)14-10-13(18)7-8-15(14)19/h2,4-5,7-8,10H,3,6,9,19H2,1H3. The van der Waals surface area contributed by atoms with E-state index in [0.717, 1.165) is 29.7 Å². The van der Waals surface area contributed by atoms with E-state index >= 15 is 0 Å².